The summed E-state index contributed by atoms with van der Waals surface area (Å²) in [6.45, 7) is 8.01. The van der Waals surface area contributed by atoms with Gasteiger partial charge in [0.05, 0.1) is 23.7 Å². The molecule has 154 valence electrons. The average molecular weight is 394 g/mol. The summed E-state index contributed by atoms with van der Waals surface area (Å²) in [6, 6.07) is 5.16. The molecule has 7 heteroatoms. The fourth-order valence-corrected chi connectivity index (χ4v) is 3.71. The lowest BCUT2D eigenvalue weighted by molar-refractivity contribution is -0.176. The van der Waals surface area contributed by atoms with E-state index in [1.54, 1.807) is 27.7 Å². The molecule has 1 aromatic carbocycles. The summed E-state index contributed by atoms with van der Waals surface area (Å²) in [5, 5.41) is 10.9. The molecule has 0 radical (unpaired) electrons. The molecule has 1 aliphatic carbocycles. The lowest BCUT2D eigenvalue weighted by Crippen LogP contribution is -2.55. The van der Waals surface area contributed by atoms with Crippen LogP contribution in [0.2, 0.25) is 0 Å². The molecule has 0 saturated heterocycles. The van der Waals surface area contributed by atoms with Gasteiger partial charge in [0, 0.05) is 12.3 Å². The van der Waals surface area contributed by atoms with Gasteiger partial charge in [-0.15, -0.1) is 0 Å². The van der Waals surface area contributed by atoms with Crippen molar-refractivity contribution >= 4 is 17.7 Å². The molecule has 1 fully saturated rings. The smallest absolute Gasteiger partial charge is 0.317 e. The van der Waals surface area contributed by atoms with Crippen LogP contribution in [0.3, 0.4) is 0 Å². The number of hydrogen-bond donors (Lipinski definition) is 1. The van der Waals surface area contributed by atoms with E-state index in [1.165, 1.54) is 31.2 Å². The molecule has 1 aromatic rings. The number of esters is 2. The molecule has 28 heavy (non-hydrogen) atoms. The van der Waals surface area contributed by atoms with Crippen molar-refractivity contribution in [1.29, 1.82) is 0 Å². The second-order valence-corrected chi connectivity index (χ2v) is 8.00. The Morgan fingerprint density at radius 3 is 2.07 bits per heavy atom. The fourth-order valence-electron chi connectivity index (χ4n) is 3.71. The first kappa shape index (κ1) is 22.0. The molecule has 0 aliphatic heterocycles. The van der Waals surface area contributed by atoms with E-state index >= 15 is 0 Å². The normalized spacial score (nSPS) is 27.8. The maximum Gasteiger partial charge on any atom is 0.317 e. The van der Waals surface area contributed by atoms with Crippen molar-refractivity contribution in [2.45, 2.75) is 64.8 Å². The van der Waals surface area contributed by atoms with Crippen LogP contribution in [0.15, 0.2) is 24.3 Å². The van der Waals surface area contributed by atoms with Crippen LogP contribution >= 0.6 is 0 Å². The number of aliphatic hydroxyl groups is 1. The standard InChI is InChI=1S/C21H27FO6/c1-11(2)27-19(24)17-15(23)10-21(5,26)18(20(25)28-12(3)4)16(17)13-6-8-14(22)9-7-13/h6-9,11-12,16-18,26H,10H2,1-5H3/t16-,17-,18+,21-/m1/s1. The zero-order valence-electron chi connectivity index (χ0n) is 16.8. The lowest BCUT2D eigenvalue weighted by Gasteiger charge is -2.44. The van der Waals surface area contributed by atoms with Crippen molar-refractivity contribution in [3.05, 3.63) is 35.6 Å². The SMILES string of the molecule is CC(C)OC(=O)[C@@H]1C(=O)C[C@@](C)(O)[C@H](C(=O)OC(C)C)[C@@H]1c1ccc(F)cc1. The van der Waals surface area contributed by atoms with Gasteiger partial charge < -0.3 is 14.6 Å². The van der Waals surface area contributed by atoms with Crippen LogP contribution in [0, 0.1) is 17.7 Å². The highest BCUT2D eigenvalue weighted by molar-refractivity contribution is 6.02. The molecule has 6 nitrogen and oxygen atoms in total. The average Bonchev–Trinajstić information content (AvgIpc) is 2.52. The summed E-state index contributed by atoms with van der Waals surface area (Å²) in [7, 11) is 0. The van der Waals surface area contributed by atoms with Gasteiger partial charge in [0.15, 0.2) is 5.78 Å². The minimum Gasteiger partial charge on any atom is -0.463 e. The van der Waals surface area contributed by atoms with Crippen molar-refractivity contribution in [3.8, 4) is 0 Å². The van der Waals surface area contributed by atoms with Gasteiger partial charge in [0.2, 0.25) is 0 Å². The molecule has 0 spiro atoms. The topological polar surface area (TPSA) is 89.9 Å². The van der Waals surface area contributed by atoms with Crippen LogP contribution < -0.4 is 0 Å². The molecule has 4 atom stereocenters. The first-order valence-corrected chi connectivity index (χ1v) is 9.35. The van der Waals surface area contributed by atoms with Gasteiger partial charge in [-0.25, -0.2) is 4.39 Å². The number of benzene rings is 1. The van der Waals surface area contributed by atoms with Gasteiger partial charge in [-0.2, -0.15) is 0 Å². The number of carbonyl (C=O) groups excluding carboxylic acids is 3. The molecule has 1 aliphatic rings. The molecule has 0 amide bonds. The third-order valence-electron chi connectivity index (χ3n) is 4.73. The van der Waals surface area contributed by atoms with Crippen LogP contribution in [0.25, 0.3) is 0 Å². The molecular weight excluding hydrogens is 367 g/mol. The Balaban J connectivity index is 2.59. The predicted molar refractivity (Wildman–Crippen MR) is 98.8 cm³/mol. The molecule has 0 aromatic heterocycles. The van der Waals surface area contributed by atoms with E-state index in [0.29, 0.717) is 5.56 Å². The van der Waals surface area contributed by atoms with E-state index in [9.17, 15) is 23.9 Å². The van der Waals surface area contributed by atoms with E-state index < -0.39 is 59.1 Å². The highest BCUT2D eigenvalue weighted by Gasteiger charge is 2.57. The highest BCUT2D eigenvalue weighted by Crippen LogP contribution is 2.47. The summed E-state index contributed by atoms with van der Waals surface area (Å²) >= 11 is 0. The summed E-state index contributed by atoms with van der Waals surface area (Å²) < 4.78 is 24.0. The molecule has 1 saturated carbocycles. The maximum absolute atomic E-state index is 13.4. The van der Waals surface area contributed by atoms with E-state index in [0.717, 1.165) is 0 Å². The Labute approximate surface area is 164 Å². The third-order valence-corrected chi connectivity index (χ3v) is 4.73. The van der Waals surface area contributed by atoms with Gasteiger partial charge >= 0.3 is 11.9 Å². The summed E-state index contributed by atoms with van der Waals surface area (Å²) in [5.41, 5.74) is -1.34. The monoisotopic (exact) mass is 394 g/mol. The van der Waals surface area contributed by atoms with Crippen molar-refractivity contribution in [1.82, 2.24) is 0 Å². The lowest BCUT2D eigenvalue weighted by atomic mass is 9.61. The Hall–Kier alpha value is -2.28. The zero-order valence-corrected chi connectivity index (χ0v) is 16.8. The summed E-state index contributed by atoms with van der Waals surface area (Å²) in [6.07, 6.45) is -1.30. The van der Waals surface area contributed by atoms with E-state index in [4.69, 9.17) is 9.47 Å². The first-order chi connectivity index (χ1) is 12.9. The van der Waals surface area contributed by atoms with Crippen LogP contribution in [0.5, 0.6) is 0 Å². The number of ketones is 1. The molecule has 0 unspecified atom stereocenters. The van der Waals surface area contributed by atoms with Crippen LogP contribution in [0.4, 0.5) is 4.39 Å². The van der Waals surface area contributed by atoms with Gasteiger partial charge in [0.1, 0.15) is 11.7 Å². The second kappa shape index (κ2) is 8.39. The van der Waals surface area contributed by atoms with Crippen LogP contribution in [0.1, 0.15) is 52.5 Å². The van der Waals surface area contributed by atoms with Gasteiger partial charge in [0.25, 0.3) is 0 Å². The molecule has 1 N–H and O–H groups in total. The van der Waals surface area contributed by atoms with Crippen molar-refractivity contribution < 1.29 is 33.4 Å². The quantitative estimate of drug-likeness (QED) is 0.610. The number of Topliss-reactive ketones (excluding diaryl/α,β-unsaturated/α-hetero) is 1. The van der Waals surface area contributed by atoms with Gasteiger partial charge in [-0.3, -0.25) is 14.4 Å². The largest absolute Gasteiger partial charge is 0.463 e. The minimum atomic E-state index is -1.73. The van der Waals surface area contributed by atoms with Crippen LogP contribution in [-0.4, -0.2) is 40.6 Å². The third kappa shape index (κ3) is 4.76. The molecule has 0 bridgehead atoms. The molecular formula is C21H27FO6. The number of halogens is 1. The highest BCUT2D eigenvalue weighted by atomic mass is 19.1. The van der Waals surface area contributed by atoms with E-state index in [1.807, 2.05) is 0 Å². The summed E-state index contributed by atoms with van der Waals surface area (Å²) in [5.74, 6) is -6.04. The number of carbonyl (C=O) groups is 3. The molecule has 0 heterocycles. The predicted octanol–water partition coefficient (Wildman–Crippen LogP) is 2.77. The Kier molecular flexibility index (Phi) is 6.59. The van der Waals surface area contributed by atoms with E-state index in [-0.39, 0.29) is 6.42 Å². The Bertz CT molecular complexity index is 730. The summed E-state index contributed by atoms with van der Waals surface area (Å²) in [4.78, 5) is 38.4. The van der Waals surface area contributed by atoms with Gasteiger partial charge in [-0.05, 0) is 52.3 Å². The van der Waals surface area contributed by atoms with Crippen molar-refractivity contribution in [2.24, 2.45) is 11.8 Å². The minimum absolute atomic E-state index is 0.381. The second-order valence-electron chi connectivity index (χ2n) is 8.00. The number of hydrogen-bond acceptors (Lipinski definition) is 6. The van der Waals surface area contributed by atoms with Crippen molar-refractivity contribution in [3.63, 3.8) is 0 Å². The first-order valence-electron chi connectivity index (χ1n) is 9.35. The number of rotatable bonds is 5. The van der Waals surface area contributed by atoms with Crippen molar-refractivity contribution in [2.75, 3.05) is 0 Å². The Morgan fingerprint density at radius 1 is 1.07 bits per heavy atom. The van der Waals surface area contributed by atoms with Gasteiger partial charge in [-0.1, -0.05) is 12.1 Å². The number of ether oxygens (including phenoxy) is 2. The van der Waals surface area contributed by atoms with E-state index in [2.05, 4.69) is 0 Å². The zero-order chi connectivity index (χ0) is 21.2. The van der Waals surface area contributed by atoms with Crippen LogP contribution in [-0.2, 0) is 23.9 Å². The fraction of sp³-hybridized carbons (Fsp3) is 0.571. The Morgan fingerprint density at radius 2 is 1.57 bits per heavy atom. The molecule has 2 rings (SSSR count). The maximum atomic E-state index is 13.4.